The molecule has 0 atom stereocenters. The van der Waals surface area contributed by atoms with Gasteiger partial charge >= 0.3 is 0 Å². The van der Waals surface area contributed by atoms with E-state index >= 15 is 0 Å². The topological polar surface area (TPSA) is 17.1 Å². The van der Waals surface area contributed by atoms with Gasteiger partial charge < -0.3 is 0 Å². The van der Waals surface area contributed by atoms with Crippen molar-refractivity contribution in [1.82, 2.24) is 0 Å². The zero-order chi connectivity index (χ0) is 14.7. The van der Waals surface area contributed by atoms with Gasteiger partial charge in [0.15, 0.2) is 0 Å². The van der Waals surface area contributed by atoms with Gasteiger partial charge in [-0.05, 0) is 35.4 Å². The molecular formula is C15H10Cl4O. The van der Waals surface area contributed by atoms with Gasteiger partial charge in [-0.15, -0.1) is 0 Å². The van der Waals surface area contributed by atoms with Gasteiger partial charge in [0.1, 0.15) is 5.78 Å². The second kappa shape index (κ2) is 6.82. The van der Waals surface area contributed by atoms with Crippen LogP contribution in [0, 0.1) is 0 Å². The van der Waals surface area contributed by atoms with Crippen LogP contribution in [-0.2, 0) is 17.6 Å². The quantitative estimate of drug-likeness (QED) is 0.697. The maximum Gasteiger partial charge on any atom is 0.141 e. The minimum absolute atomic E-state index is 0.0263. The second-order valence-corrected chi connectivity index (χ2v) is 6.05. The molecular weight excluding hydrogens is 338 g/mol. The summed E-state index contributed by atoms with van der Waals surface area (Å²) in [5, 5.41) is 2.08. The summed E-state index contributed by atoms with van der Waals surface area (Å²) in [6.07, 6.45) is 0.490. The zero-order valence-corrected chi connectivity index (χ0v) is 13.3. The van der Waals surface area contributed by atoms with E-state index in [1.54, 1.807) is 36.4 Å². The van der Waals surface area contributed by atoms with Crippen LogP contribution in [-0.4, -0.2) is 5.78 Å². The fourth-order valence-corrected chi connectivity index (χ4v) is 2.77. The molecule has 0 aliphatic carbocycles. The smallest absolute Gasteiger partial charge is 0.141 e. The number of ketones is 1. The third kappa shape index (κ3) is 4.13. The van der Waals surface area contributed by atoms with Gasteiger partial charge in [-0.1, -0.05) is 58.5 Å². The number of carbonyl (C=O) groups is 1. The maximum atomic E-state index is 12.1. The largest absolute Gasteiger partial charge is 0.299 e. The molecule has 104 valence electrons. The van der Waals surface area contributed by atoms with Gasteiger partial charge in [0, 0.05) is 32.9 Å². The molecule has 0 fully saturated rings. The van der Waals surface area contributed by atoms with E-state index in [-0.39, 0.29) is 18.6 Å². The molecule has 5 heteroatoms. The van der Waals surface area contributed by atoms with Crippen LogP contribution in [0.25, 0.3) is 0 Å². The first kappa shape index (κ1) is 15.7. The molecule has 0 heterocycles. The van der Waals surface area contributed by atoms with Gasteiger partial charge in [0.2, 0.25) is 0 Å². The summed E-state index contributed by atoms with van der Waals surface area (Å²) in [4.78, 5) is 12.1. The highest BCUT2D eigenvalue weighted by Gasteiger charge is 2.11. The lowest BCUT2D eigenvalue weighted by atomic mass is 10.0. The third-order valence-electron chi connectivity index (χ3n) is 2.81. The van der Waals surface area contributed by atoms with E-state index in [1.165, 1.54) is 0 Å². The SMILES string of the molecule is O=C(Cc1ccc(Cl)cc1Cl)Cc1ccc(Cl)cc1Cl. The molecule has 0 aromatic heterocycles. The minimum Gasteiger partial charge on any atom is -0.299 e. The van der Waals surface area contributed by atoms with E-state index in [1.807, 2.05) is 0 Å². The van der Waals surface area contributed by atoms with E-state index in [2.05, 4.69) is 0 Å². The molecule has 0 bridgehead atoms. The number of carbonyl (C=O) groups excluding carboxylic acids is 1. The number of Topliss-reactive ketones (excluding diaryl/α,β-unsaturated/α-hetero) is 1. The molecule has 1 nitrogen and oxygen atoms in total. The second-order valence-electron chi connectivity index (χ2n) is 4.36. The maximum absolute atomic E-state index is 12.1. The molecule has 20 heavy (non-hydrogen) atoms. The average molecular weight is 348 g/mol. The van der Waals surface area contributed by atoms with Gasteiger partial charge in [0.25, 0.3) is 0 Å². The van der Waals surface area contributed by atoms with E-state index in [4.69, 9.17) is 46.4 Å². The van der Waals surface area contributed by atoms with Crippen molar-refractivity contribution in [2.24, 2.45) is 0 Å². The Labute approximate surface area is 137 Å². The molecule has 0 aliphatic rings. The number of halogens is 4. The lowest BCUT2D eigenvalue weighted by molar-refractivity contribution is -0.117. The Hall–Kier alpha value is -0.730. The highest BCUT2D eigenvalue weighted by atomic mass is 35.5. The van der Waals surface area contributed by atoms with Gasteiger partial charge in [-0.25, -0.2) is 0 Å². The molecule has 0 unspecified atom stereocenters. The number of rotatable bonds is 4. The normalized spacial score (nSPS) is 10.6. The Morgan fingerprint density at radius 1 is 0.750 bits per heavy atom. The molecule has 0 radical (unpaired) electrons. The van der Waals surface area contributed by atoms with Crippen LogP contribution in [0.2, 0.25) is 20.1 Å². The Morgan fingerprint density at radius 2 is 1.15 bits per heavy atom. The van der Waals surface area contributed by atoms with E-state index in [0.717, 1.165) is 11.1 Å². The highest BCUT2D eigenvalue weighted by Crippen LogP contribution is 2.24. The van der Waals surface area contributed by atoms with Crippen molar-refractivity contribution in [2.45, 2.75) is 12.8 Å². The molecule has 0 aliphatic heterocycles. The monoisotopic (exact) mass is 346 g/mol. The van der Waals surface area contributed by atoms with Crippen molar-refractivity contribution < 1.29 is 4.79 Å². The standard InChI is InChI=1S/C15H10Cl4O/c16-11-3-1-9(14(18)7-11)5-13(20)6-10-2-4-12(17)8-15(10)19/h1-4,7-8H,5-6H2. The summed E-state index contributed by atoms with van der Waals surface area (Å²) >= 11 is 23.7. The van der Waals surface area contributed by atoms with Crippen molar-refractivity contribution in [3.05, 3.63) is 67.6 Å². The van der Waals surface area contributed by atoms with Crippen LogP contribution in [0.15, 0.2) is 36.4 Å². The van der Waals surface area contributed by atoms with Crippen LogP contribution in [0.5, 0.6) is 0 Å². The number of benzene rings is 2. The summed E-state index contributed by atoms with van der Waals surface area (Å²) < 4.78 is 0. The molecule has 0 amide bonds. The van der Waals surface area contributed by atoms with E-state index in [0.29, 0.717) is 20.1 Å². The average Bonchev–Trinajstić information content (AvgIpc) is 2.36. The van der Waals surface area contributed by atoms with Gasteiger partial charge in [-0.3, -0.25) is 4.79 Å². The highest BCUT2D eigenvalue weighted by molar-refractivity contribution is 6.35. The first-order valence-electron chi connectivity index (χ1n) is 5.85. The summed E-state index contributed by atoms with van der Waals surface area (Å²) in [5.74, 6) is 0.0263. The van der Waals surface area contributed by atoms with Crippen LogP contribution >= 0.6 is 46.4 Å². The lowest BCUT2D eigenvalue weighted by Gasteiger charge is -2.06. The van der Waals surface area contributed by atoms with Crippen molar-refractivity contribution in [2.75, 3.05) is 0 Å². The third-order valence-corrected chi connectivity index (χ3v) is 3.98. The summed E-state index contributed by atoms with van der Waals surface area (Å²) in [7, 11) is 0. The molecule has 0 N–H and O–H groups in total. The summed E-state index contributed by atoms with van der Waals surface area (Å²) in [6, 6.07) is 10.2. The lowest BCUT2D eigenvalue weighted by Crippen LogP contribution is -2.07. The molecule has 2 aromatic carbocycles. The van der Waals surface area contributed by atoms with E-state index < -0.39 is 0 Å². The van der Waals surface area contributed by atoms with Crippen LogP contribution < -0.4 is 0 Å². The summed E-state index contributed by atoms with van der Waals surface area (Å²) in [5.41, 5.74) is 1.51. The van der Waals surface area contributed by atoms with Crippen LogP contribution in [0.4, 0.5) is 0 Å². The van der Waals surface area contributed by atoms with Crippen LogP contribution in [0.3, 0.4) is 0 Å². The first-order valence-corrected chi connectivity index (χ1v) is 7.36. The molecule has 2 aromatic rings. The molecule has 0 saturated carbocycles. The van der Waals surface area contributed by atoms with Crippen LogP contribution in [0.1, 0.15) is 11.1 Å². The van der Waals surface area contributed by atoms with Crippen molar-refractivity contribution in [1.29, 1.82) is 0 Å². The van der Waals surface area contributed by atoms with Crippen molar-refractivity contribution in [3.63, 3.8) is 0 Å². The number of hydrogen-bond donors (Lipinski definition) is 0. The summed E-state index contributed by atoms with van der Waals surface area (Å²) in [6.45, 7) is 0. The number of hydrogen-bond acceptors (Lipinski definition) is 1. The Kier molecular flexibility index (Phi) is 5.34. The van der Waals surface area contributed by atoms with Gasteiger partial charge in [0.05, 0.1) is 0 Å². The molecule has 0 spiro atoms. The Bertz CT molecular complexity index is 597. The predicted octanol–water partition coefficient (Wildman–Crippen LogP) is 5.65. The fraction of sp³-hybridized carbons (Fsp3) is 0.133. The zero-order valence-electron chi connectivity index (χ0n) is 10.3. The molecule has 0 saturated heterocycles. The van der Waals surface area contributed by atoms with E-state index in [9.17, 15) is 4.79 Å². The van der Waals surface area contributed by atoms with Crippen molar-refractivity contribution in [3.8, 4) is 0 Å². The Morgan fingerprint density at radius 3 is 1.50 bits per heavy atom. The fourth-order valence-electron chi connectivity index (χ4n) is 1.82. The first-order chi connectivity index (χ1) is 9.45. The van der Waals surface area contributed by atoms with Crippen molar-refractivity contribution >= 4 is 52.2 Å². The molecule has 2 rings (SSSR count). The predicted molar refractivity (Wildman–Crippen MR) is 85.3 cm³/mol. The minimum atomic E-state index is 0.0263. The van der Waals surface area contributed by atoms with Gasteiger partial charge in [-0.2, -0.15) is 0 Å². The Balaban J connectivity index is 2.09.